The molecule has 0 aliphatic carbocycles. The molecule has 1 fully saturated rings. The highest BCUT2D eigenvalue weighted by Crippen LogP contribution is 2.34. The van der Waals surface area contributed by atoms with Crippen molar-refractivity contribution in [3.8, 4) is 5.75 Å². The summed E-state index contributed by atoms with van der Waals surface area (Å²) in [5.74, 6) is 1.04. The molecular formula is C16H19N3O3S2. The highest BCUT2D eigenvalue weighted by Gasteiger charge is 2.23. The van der Waals surface area contributed by atoms with Gasteiger partial charge in [-0.15, -0.1) is 0 Å². The molecule has 1 aliphatic rings. The number of ether oxygens (including phenoxy) is 1. The summed E-state index contributed by atoms with van der Waals surface area (Å²) in [5, 5.41) is 0.935. The van der Waals surface area contributed by atoms with E-state index in [2.05, 4.69) is 4.90 Å². The van der Waals surface area contributed by atoms with Gasteiger partial charge in [0.05, 0.1) is 17.6 Å². The largest absolute Gasteiger partial charge is 0.494 e. The Morgan fingerprint density at radius 3 is 2.71 bits per heavy atom. The Labute approximate surface area is 148 Å². The van der Waals surface area contributed by atoms with Crippen molar-refractivity contribution in [1.82, 2.24) is 9.88 Å². The zero-order valence-electron chi connectivity index (χ0n) is 13.7. The minimum atomic E-state index is -0.0228. The van der Waals surface area contributed by atoms with E-state index < -0.39 is 0 Å². The molecule has 0 unspecified atom stereocenters. The Balaban J connectivity index is 1.64. The topological polar surface area (TPSA) is 62.7 Å². The van der Waals surface area contributed by atoms with Crippen LogP contribution in [-0.4, -0.2) is 59.9 Å². The zero-order chi connectivity index (χ0) is 17.1. The van der Waals surface area contributed by atoms with E-state index in [-0.39, 0.29) is 16.8 Å². The fourth-order valence-corrected chi connectivity index (χ4v) is 4.16. The van der Waals surface area contributed by atoms with Crippen molar-refractivity contribution >= 4 is 49.5 Å². The predicted molar refractivity (Wildman–Crippen MR) is 98.1 cm³/mol. The average Bonchev–Trinajstić information content (AvgIpc) is 3.04. The zero-order valence-corrected chi connectivity index (χ0v) is 15.3. The first-order valence-electron chi connectivity index (χ1n) is 7.68. The lowest BCUT2D eigenvalue weighted by Gasteiger charge is -2.34. The van der Waals surface area contributed by atoms with E-state index in [1.807, 2.05) is 23.1 Å². The summed E-state index contributed by atoms with van der Waals surface area (Å²) < 4.78 is 6.46. The molecule has 8 heteroatoms. The number of carbonyl (C=O) groups is 2. The first kappa shape index (κ1) is 17.0. The van der Waals surface area contributed by atoms with E-state index in [1.165, 1.54) is 6.92 Å². The second-order valence-corrected chi connectivity index (χ2v) is 7.61. The van der Waals surface area contributed by atoms with Crippen LogP contribution in [0.3, 0.4) is 0 Å². The van der Waals surface area contributed by atoms with Gasteiger partial charge < -0.3 is 14.5 Å². The van der Waals surface area contributed by atoms with E-state index in [0.717, 1.165) is 45.9 Å². The van der Waals surface area contributed by atoms with Gasteiger partial charge in [-0.05, 0) is 12.1 Å². The van der Waals surface area contributed by atoms with Gasteiger partial charge in [-0.1, -0.05) is 29.2 Å². The first-order valence-corrected chi connectivity index (χ1v) is 9.48. The number of methoxy groups -OCH3 is 1. The molecule has 6 nitrogen and oxygen atoms in total. The molecule has 0 radical (unpaired) electrons. The minimum Gasteiger partial charge on any atom is -0.494 e. The molecule has 24 heavy (non-hydrogen) atoms. The molecule has 2 aromatic rings. The van der Waals surface area contributed by atoms with Crippen LogP contribution < -0.4 is 9.64 Å². The number of hydrogen-bond acceptors (Lipinski definition) is 7. The third-order valence-corrected chi connectivity index (χ3v) is 5.77. The number of thioether (sulfide) groups is 1. The monoisotopic (exact) mass is 365 g/mol. The predicted octanol–water partition coefficient (Wildman–Crippen LogP) is 2.23. The fraction of sp³-hybridized carbons (Fsp3) is 0.438. The number of carbonyl (C=O) groups excluding carboxylic acids is 2. The summed E-state index contributed by atoms with van der Waals surface area (Å²) in [6.07, 6.45) is 0. The molecule has 1 aliphatic heterocycles. The van der Waals surface area contributed by atoms with Crippen LogP contribution in [0.1, 0.15) is 6.92 Å². The van der Waals surface area contributed by atoms with Crippen molar-refractivity contribution in [1.29, 1.82) is 0 Å². The van der Waals surface area contributed by atoms with Gasteiger partial charge in [-0.2, -0.15) is 0 Å². The molecule has 1 amide bonds. The molecule has 1 aromatic carbocycles. The van der Waals surface area contributed by atoms with Crippen LogP contribution in [-0.2, 0) is 9.59 Å². The summed E-state index contributed by atoms with van der Waals surface area (Å²) in [6.45, 7) is 4.29. The summed E-state index contributed by atoms with van der Waals surface area (Å²) in [5.41, 5.74) is 0.886. The smallest absolute Gasteiger partial charge is 0.233 e. The van der Waals surface area contributed by atoms with E-state index in [9.17, 15) is 9.59 Å². The number of aromatic nitrogens is 1. The van der Waals surface area contributed by atoms with Gasteiger partial charge in [0.15, 0.2) is 10.2 Å². The molecule has 0 spiro atoms. The van der Waals surface area contributed by atoms with Crippen molar-refractivity contribution in [2.45, 2.75) is 6.92 Å². The Morgan fingerprint density at radius 1 is 1.29 bits per heavy atom. The molecule has 0 N–H and O–H groups in total. The van der Waals surface area contributed by atoms with E-state index >= 15 is 0 Å². The van der Waals surface area contributed by atoms with Crippen LogP contribution in [0.15, 0.2) is 18.2 Å². The van der Waals surface area contributed by atoms with Crippen molar-refractivity contribution < 1.29 is 14.3 Å². The van der Waals surface area contributed by atoms with E-state index in [4.69, 9.17) is 9.72 Å². The van der Waals surface area contributed by atoms with Gasteiger partial charge in [-0.25, -0.2) is 4.98 Å². The molecule has 0 atom stereocenters. The summed E-state index contributed by atoms with van der Waals surface area (Å²) in [6, 6.07) is 5.92. The second kappa shape index (κ2) is 7.40. The number of thiazole rings is 1. The van der Waals surface area contributed by atoms with E-state index in [0.29, 0.717) is 13.1 Å². The number of anilines is 1. The number of hydrogen-bond donors (Lipinski definition) is 0. The Kier molecular flexibility index (Phi) is 5.25. The number of amides is 1. The van der Waals surface area contributed by atoms with Crippen LogP contribution in [0.5, 0.6) is 5.75 Å². The Morgan fingerprint density at radius 2 is 2.04 bits per heavy atom. The number of rotatable bonds is 4. The van der Waals surface area contributed by atoms with Gasteiger partial charge in [0, 0.05) is 33.1 Å². The lowest BCUT2D eigenvalue weighted by atomic mass is 10.3. The summed E-state index contributed by atoms with van der Waals surface area (Å²) in [7, 11) is 1.65. The van der Waals surface area contributed by atoms with Gasteiger partial charge in [-0.3, -0.25) is 9.59 Å². The van der Waals surface area contributed by atoms with Crippen LogP contribution in [0.2, 0.25) is 0 Å². The van der Waals surface area contributed by atoms with Crippen LogP contribution in [0.25, 0.3) is 10.2 Å². The molecule has 128 valence electrons. The van der Waals surface area contributed by atoms with E-state index in [1.54, 1.807) is 18.4 Å². The second-order valence-electron chi connectivity index (χ2n) is 5.45. The summed E-state index contributed by atoms with van der Waals surface area (Å²) in [4.78, 5) is 31.8. The van der Waals surface area contributed by atoms with Gasteiger partial charge in [0.1, 0.15) is 11.3 Å². The number of para-hydroxylation sites is 1. The molecule has 2 heterocycles. The third kappa shape index (κ3) is 3.64. The number of piperazine rings is 1. The third-order valence-electron chi connectivity index (χ3n) is 3.89. The normalized spacial score (nSPS) is 14.9. The highest BCUT2D eigenvalue weighted by atomic mass is 32.2. The number of nitrogens with zero attached hydrogens (tertiary/aromatic N) is 3. The van der Waals surface area contributed by atoms with Crippen molar-refractivity contribution in [2.24, 2.45) is 0 Å². The van der Waals surface area contributed by atoms with Crippen molar-refractivity contribution in [3.63, 3.8) is 0 Å². The molecule has 0 bridgehead atoms. The van der Waals surface area contributed by atoms with Gasteiger partial charge in [0.25, 0.3) is 0 Å². The molecule has 0 saturated carbocycles. The Hall–Kier alpha value is -1.80. The average molecular weight is 365 g/mol. The quantitative estimate of drug-likeness (QED) is 0.828. The SMILES string of the molecule is COc1cccc2sc(N3CCN(C(=O)CSC(C)=O)CC3)nc12. The lowest BCUT2D eigenvalue weighted by molar-refractivity contribution is -0.128. The molecule has 1 aromatic heterocycles. The van der Waals surface area contributed by atoms with Crippen molar-refractivity contribution in [2.75, 3.05) is 43.9 Å². The van der Waals surface area contributed by atoms with Crippen LogP contribution >= 0.6 is 23.1 Å². The fourth-order valence-electron chi connectivity index (χ4n) is 2.61. The first-order chi connectivity index (χ1) is 11.6. The summed E-state index contributed by atoms with van der Waals surface area (Å²) >= 11 is 2.71. The number of benzene rings is 1. The Bertz CT molecular complexity index is 754. The lowest BCUT2D eigenvalue weighted by Crippen LogP contribution is -2.49. The maximum atomic E-state index is 12.1. The maximum absolute atomic E-state index is 12.1. The molecule has 1 saturated heterocycles. The van der Waals surface area contributed by atoms with Gasteiger partial charge in [0.2, 0.25) is 5.91 Å². The molecular weight excluding hydrogens is 346 g/mol. The van der Waals surface area contributed by atoms with Crippen molar-refractivity contribution in [3.05, 3.63) is 18.2 Å². The number of fused-ring (bicyclic) bond motifs is 1. The minimum absolute atomic E-state index is 0.0228. The van der Waals surface area contributed by atoms with Crippen LogP contribution in [0, 0.1) is 0 Å². The maximum Gasteiger partial charge on any atom is 0.233 e. The standard InChI is InChI=1S/C16H19N3O3S2/c1-11(20)23-10-14(21)18-6-8-19(9-7-18)16-17-15-12(22-2)4-3-5-13(15)24-16/h3-5H,6-10H2,1-2H3. The molecule has 3 rings (SSSR count). The van der Waals surface area contributed by atoms with Gasteiger partial charge >= 0.3 is 0 Å². The highest BCUT2D eigenvalue weighted by molar-refractivity contribution is 8.14. The van der Waals surface area contributed by atoms with Crippen LogP contribution in [0.4, 0.5) is 5.13 Å².